The van der Waals surface area contributed by atoms with Gasteiger partial charge in [0.1, 0.15) is 6.29 Å². The lowest BCUT2D eigenvalue weighted by molar-refractivity contribution is -0.112. The topological polar surface area (TPSA) is 17.1 Å². The number of carbonyl (C=O) groups excluding carboxylic acids is 1. The first-order chi connectivity index (χ1) is 5.84. The van der Waals surface area contributed by atoms with E-state index in [1.807, 2.05) is 6.92 Å². The van der Waals surface area contributed by atoms with Crippen LogP contribution in [0, 0.1) is 11.8 Å². The van der Waals surface area contributed by atoms with E-state index in [9.17, 15) is 4.79 Å². The van der Waals surface area contributed by atoms with Crippen LogP contribution in [0.2, 0.25) is 0 Å². The zero-order valence-corrected chi connectivity index (χ0v) is 7.83. The summed E-state index contributed by atoms with van der Waals surface area (Å²) in [6.45, 7) is 2.04. The lowest BCUT2D eigenvalue weighted by Gasteiger charge is -2.19. The fourth-order valence-electron chi connectivity index (χ4n) is 1.83. The molecule has 1 aliphatic carbocycles. The summed E-state index contributed by atoms with van der Waals surface area (Å²) in [5.41, 5.74) is 0. The largest absolute Gasteiger partial charge is 0.303 e. The minimum Gasteiger partial charge on any atom is -0.303 e. The molecular weight excluding hydrogens is 148 g/mol. The predicted molar refractivity (Wildman–Crippen MR) is 50.9 cm³/mol. The van der Waals surface area contributed by atoms with Crippen molar-refractivity contribution in [3.63, 3.8) is 0 Å². The average molecular weight is 166 g/mol. The molecule has 2 unspecified atom stereocenters. The van der Waals surface area contributed by atoms with Crippen molar-refractivity contribution in [3.05, 3.63) is 12.2 Å². The van der Waals surface area contributed by atoms with Gasteiger partial charge in [0.25, 0.3) is 0 Å². The third-order valence-corrected chi connectivity index (χ3v) is 2.77. The van der Waals surface area contributed by atoms with Crippen LogP contribution in [0.25, 0.3) is 0 Å². The normalized spacial score (nSPS) is 27.2. The maximum absolute atomic E-state index is 10.6. The Morgan fingerprint density at radius 3 is 2.83 bits per heavy atom. The highest BCUT2D eigenvalue weighted by Gasteiger charge is 2.15. The molecule has 0 saturated heterocycles. The van der Waals surface area contributed by atoms with Crippen LogP contribution in [0.5, 0.6) is 0 Å². The van der Waals surface area contributed by atoms with Crippen LogP contribution in [-0.2, 0) is 4.79 Å². The zero-order chi connectivity index (χ0) is 8.81. The molecule has 1 nitrogen and oxygen atoms in total. The fraction of sp³-hybridized carbons (Fsp3) is 0.727. The van der Waals surface area contributed by atoms with Gasteiger partial charge in [0.2, 0.25) is 0 Å². The zero-order valence-electron chi connectivity index (χ0n) is 7.83. The van der Waals surface area contributed by atoms with Crippen molar-refractivity contribution >= 4 is 6.29 Å². The van der Waals surface area contributed by atoms with E-state index in [4.69, 9.17) is 0 Å². The Kier molecular flexibility index (Phi) is 4.06. The molecule has 2 atom stereocenters. The molecule has 0 aromatic rings. The minimum absolute atomic E-state index is 0.261. The van der Waals surface area contributed by atoms with Crippen molar-refractivity contribution in [3.8, 4) is 0 Å². The van der Waals surface area contributed by atoms with Crippen molar-refractivity contribution in [2.75, 3.05) is 0 Å². The Balaban J connectivity index is 2.41. The fourth-order valence-corrected chi connectivity index (χ4v) is 1.83. The van der Waals surface area contributed by atoms with Crippen LogP contribution in [0.15, 0.2) is 12.2 Å². The molecule has 1 heteroatoms. The van der Waals surface area contributed by atoms with Crippen molar-refractivity contribution in [2.24, 2.45) is 11.8 Å². The summed E-state index contributed by atoms with van der Waals surface area (Å²) in [5, 5.41) is 0. The SMILES string of the molecule is CC(C=O)C1CCC=CCCC1. The number of rotatable bonds is 2. The van der Waals surface area contributed by atoms with Gasteiger partial charge in [0, 0.05) is 5.92 Å². The van der Waals surface area contributed by atoms with Crippen molar-refractivity contribution in [2.45, 2.75) is 39.0 Å². The maximum Gasteiger partial charge on any atom is 0.123 e. The predicted octanol–water partition coefficient (Wildman–Crippen LogP) is 2.96. The van der Waals surface area contributed by atoms with Gasteiger partial charge < -0.3 is 4.79 Å². The van der Waals surface area contributed by atoms with Crippen molar-refractivity contribution in [1.82, 2.24) is 0 Å². The standard InChI is InChI=1S/C11H18O/c1-10(9-12)11-7-5-3-2-4-6-8-11/h2-3,9-11H,4-8H2,1H3. The highest BCUT2D eigenvalue weighted by Crippen LogP contribution is 2.24. The number of aldehydes is 1. The van der Waals surface area contributed by atoms with Gasteiger partial charge >= 0.3 is 0 Å². The van der Waals surface area contributed by atoms with Crippen LogP contribution < -0.4 is 0 Å². The molecule has 0 amide bonds. The molecule has 1 rings (SSSR count). The lowest BCUT2D eigenvalue weighted by Crippen LogP contribution is -2.13. The summed E-state index contributed by atoms with van der Waals surface area (Å²) >= 11 is 0. The number of allylic oxidation sites excluding steroid dienone is 2. The molecule has 0 saturated carbocycles. The van der Waals surface area contributed by atoms with Crippen LogP contribution >= 0.6 is 0 Å². The van der Waals surface area contributed by atoms with Crippen LogP contribution in [0.4, 0.5) is 0 Å². The molecule has 1 aliphatic rings. The average Bonchev–Trinajstić information content (AvgIpc) is 2.02. The summed E-state index contributed by atoms with van der Waals surface area (Å²) in [5.74, 6) is 0.893. The molecule has 0 N–H and O–H groups in total. The first kappa shape index (κ1) is 9.50. The third-order valence-electron chi connectivity index (χ3n) is 2.77. The molecule has 0 bridgehead atoms. The van der Waals surface area contributed by atoms with Gasteiger partial charge in [0.05, 0.1) is 0 Å². The molecule has 0 fully saturated rings. The molecule has 0 heterocycles. The van der Waals surface area contributed by atoms with Crippen molar-refractivity contribution < 1.29 is 4.79 Å². The van der Waals surface area contributed by atoms with Gasteiger partial charge in [-0.05, 0) is 38.0 Å². The first-order valence-corrected chi connectivity index (χ1v) is 4.95. The van der Waals surface area contributed by atoms with E-state index in [0.29, 0.717) is 5.92 Å². The third kappa shape index (κ3) is 2.80. The van der Waals surface area contributed by atoms with E-state index in [-0.39, 0.29) is 5.92 Å². The summed E-state index contributed by atoms with van der Waals surface area (Å²) in [4.78, 5) is 10.6. The Bertz CT molecular complexity index is 160. The lowest BCUT2D eigenvalue weighted by atomic mass is 9.85. The van der Waals surface area contributed by atoms with E-state index >= 15 is 0 Å². The number of hydrogen-bond acceptors (Lipinski definition) is 1. The second-order valence-electron chi connectivity index (χ2n) is 3.73. The molecule has 0 aromatic heterocycles. The molecule has 0 radical (unpaired) electrons. The highest BCUT2D eigenvalue weighted by molar-refractivity contribution is 5.53. The van der Waals surface area contributed by atoms with E-state index in [1.165, 1.54) is 25.7 Å². The van der Waals surface area contributed by atoms with Gasteiger partial charge in [-0.3, -0.25) is 0 Å². The van der Waals surface area contributed by atoms with Gasteiger partial charge in [0.15, 0.2) is 0 Å². The molecule has 0 spiro atoms. The minimum atomic E-state index is 0.261. The second-order valence-corrected chi connectivity index (χ2v) is 3.73. The first-order valence-electron chi connectivity index (χ1n) is 4.95. The Hall–Kier alpha value is -0.590. The molecule has 0 aliphatic heterocycles. The maximum atomic E-state index is 10.6. The summed E-state index contributed by atoms with van der Waals surface area (Å²) < 4.78 is 0. The quantitative estimate of drug-likeness (QED) is 0.455. The molecule has 12 heavy (non-hydrogen) atoms. The monoisotopic (exact) mass is 166 g/mol. The van der Waals surface area contributed by atoms with Crippen LogP contribution in [-0.4, -0.2) is 6.29 Å². The van der Waals surface area contributed by atoms with E-state index in [1.54, 1.807) is 0 Å². The Morgan fingerprint density at radius 1 is 1.33 bits per heavy atom. The highest BCUT2D eigenvalue weighted by atomic mass is 16.1. The van der Waals surface area contributed by atoms with Gasteiger partial charge in [-0.1, -0.05) is 19.1 Å². The van der Waals surface area contributed by atoms with Gasteiger partial charge in [-0.2, -0.15) is 0 Å². The molecular formula is C11H18O. The second kappa shape index (κ2) is 5.13. The van der Waals surface area contributed by atoms with Crippen LogP contribution in [0.1, 0.15) is 39.0 Å². The van der Waals surface area contributed by atoms with Gasteiger partial charge in [-0.25, -0.2) is 0 Å². The summed E-state index contributed by atoms with van der Waals surface area (Å²) in [6.07, 6.45) is 11.6. The van der Waals surface area contributed by atoms with Crippen LogP contribution in [0.3, 0.4) is 0 Å². The molecule has 68 valence electrons. The number of carbonyl (C=O) groups is 1. The summed E-state index contributed by atoms with van der Waals surface area (Å²) in [7, 11) is 0. The Morgan fingerprint density at radius 2 is 2.08 bits per heavy atom. The smallest absolute Gasteiger partial charge is 0.123 e. The Labute approximate surface area is 74.9 Å². The number of hydrogen-bond donors (Lipinski definition) is 0. The van der Waals surface area contributed by atoms with E-state index < -0.39 is 0 Å². The van der Waals surface area contributed by atoms with E-state index in [0.717, 1.165) is 12.7 Å². The van der Waals surface area contributed by atoms with Gasteiger partial charge in [-0.15, -0.1) is 0 Å². The molecule has 0 aromatic carbocycles. The summed E-state index contributed by atoms with van der Waals surface area (Å²) in [6, 6.07) is 0. The van der Waals surface area contributed by atoms with Crippen molar-refractivity contribution in [1.29, 1.82) is 0 Å². The van der Waals surface area contributed by atoms with E-state index in [2.05, 4.69) is 12.2 Å².